The Kier molecular flexibility index (Phi) is 5.85. The summed E-state index contributed by atoms with van der Waals surface area (Å²) < 4.78 is 14.0. The van der Waals surface area contributed by atoms with Crippen LogP contribution in [0.5, 0.6) is 0 Å². The van der Waals surface area contributed by atoms with E-state index in [1.807, 2.05) is 0 Å². The number of carboxylic acids is 1. The number of carbonyl (C=O) groups is 2. The van der Waals surface area contributed by atoms with Gasteiger partial charge in [-0.1, -0.05) is 38.1 Å². The van der Waals surface area contributed by atoms with Crippen LogP contribution >= 0.6 is 0 Å². The molecule has 1 aromatic carbocycles. The number of Topliss-reactive ketones (excluding diaryl/α,β-unsaturated/α-hetero) is 1. The van der Waals surface area contributed by atoms with Crippen molar-refractivity contribution in [2.24, 2.45) is 5.41 Å². The molecule has 0 aliphatic heterocycles. The number of hydrogen-bond donors (Lipinski definition) is 2. The molecule has 0 heterocycles. The first-order chi connectivity index (χ1) is 12.5. The van der Waals surface area contributed by atoms with Crippen LogP contribution in [0, 0.1) is 11.2 Å². The predicted molar refractivity (Wildman–Crippen MR) is 102 cm³/mol. The van der Waals surface area contributed by atoms with Crippen LogP contribution in [-0.4, -0.2) is 27.6 Å². The van der Waals surface area contributed by atoms with Crippen molar-refractivity contribution in [3.63, 3.8) is 0 Å². The number of aliphatic hydroxyl groups is 1. The summed E-state index contributed by atoms with van der Waals surface area (Å²) in [5.41, 5.74) is -0.514. The van der Waals surface area contributed by atoms with Crippen molar-refractivity contribution in [2.75, 3.05) is 0 Å². The SMILES string of the molecule is CC1=C(Cc2ccccc2F)C(=O)CC(C)(C)[C@]1(O)/C=C/C(C)=C\C(=O)O. The number of carbonyl (C=O) groups excluding carboxylic acids is 1. The van der Waals surface area contributed by atoms with Crippen molar-refractivity contribution in [3.05, 3.63) is 70.6 Å². The van der Waals surface area contributed by atoms with Gasteiger partial charge in [-0.25, -0.2) is 9.18 Å². The van der Waals surface area contributed by atoms with Crippen molar-refractivity contribution in [1.29, 1.82) is 0 Å². The topological polar surface area (TPSA) is 74.6 Å². The van der Waals surface area contributed by atoms with E-state index in [-0.39, 0.29) is 18.6 Å². The summed E-state index contributed by atoms with van der Waals surface area (Å²) in [7, 11) is 0. The molecule has 0 fully saturated rings. The maximum absolute atomic E-state index is 14.0. The molecule has 1 aliphatic rings. The van der Waals surface area contributed by atoms with Crippen LogP contribution in [0.15, 0.2) is 59.2 Å². The molecule has 0 bridgehead atoms. The molecular formula is C22H25FO4. The highest BCUT2D eigenvalue weighted by Crippen LogP contribution is 2.47. The first kappa shape index (κ1) is 20.8. The molecule has 1 atom stereocenters. The fourth-order valence-electron chi connectivity index (χ4n) is 3.50. The summed E-state index contributed by atoms with van der Waals surface area (Å²) in [6.45, 7) is 6.87. The fraction of sp³-hybridized carbons (Fsp3) is 0.364. The molecule has 1 aromatic rings. The number of aliphatic carboxylic acids is 1. The van der Waals surface area contributed by atoms with Crippen LogP contribution in [0.3, 0.4) is 0 Å². The average Bonchev–Trinajstić information content (AvgIpc) is 2.56. The van der Waals surface area contributed by atoms with Crippen LogP contribution in [-0.2, 0) is 16.0 Å². The molecule has 5 heteroatoms. The number of ketones is 1. The summed E-state index contributed by atoms with van der Waals surface area (Å²) in [6, 6.07) is 6.26. The molecule has 0 unspecified atom stereocenters. The van der Waals surface area contributed by atoms with E-state index in [1.54, 1.807) is 45.9 Å². The maximum atomic E-state index is 14.0. The molecule has 0 radical (unpaired) electrons. The third kappa shape index (κ3) is 4.25. The predicted octanol–water partition coefficient (Wildman–Crippen LogP) is 4.00. The molecule has 2 rings (SSSR count). The van der Waals surface area contributed by atoms with Gasteiger partial charge in [-0.15, -0.1) is 0 Å². The Bertz CT molecular complexity index is 861. The van der Waals surface area contributed by atoms with Gasteiger partial charge in [-0.2, -0.15) is 0 Å². The zero-order chi connectivity index (χ0) is 20.4. The van der Waals surface area contributed by atoms with E-state index in [0.29, 0.717) is 22.3 Å². The van der Waals surface area contributed by atoms with Crippen molar-refractivity contribution in [2.45, 2.75) is 46.1 Å². The first-order valence-corrected chi connectivity index (χ1v) is 8.77. The molecule has 0 saturated carbocycles. The summed E-state index contributed by atoms with van der Waals surface area (Å²) in [5.74, 6) is -1.58. The molecule has 0 amide bonds. The summed E-state index contributed by atoms with van der Waals surface area (Å²) in [4.78, 5) is 23.5. The lowest BCUT2D eigenvalue weighted by Gasteiger charge is -2.45. The second-order valence-electron chi connectivity index (χ2n) is 7.68. The molecule has 27 heavy (non-hydrogen) atoms. The first-order valence-electron chi connectivity index (χ1n) is 8.77. The van der Waals surface area contributed by atoms with Crippen molar-refractivity contribution >= 4 is 11.8 Å². The molecule has 0 spiro atoms. The Labute approximate surface area is 158 Å². The zero-order valence-electron chi connectivity index (χ0n) is 16.0. The minimum atomic E-state index is -1.45. The van der Waals surface area contributed by atoms with Crippen molar-refractivity contribution in [3.8, 4) is 0 Å². The lowest BCUT2D eigenvalue weighted by Crippen LogP contribution is -2.49. The lowest BCUT2D eigenvalue weighted by molar-refractivity contribution is -0.131. The van der Waals surface area contributed by atoms with Gasteiger partial charge in [-0.05, 0) is 42.7 Å². The third-order valence-electron chi connectivity index (χ3n) is 5.26. The number of halogens is 1. The molecule has 4 nitrogen and oxygen atoms in total. The van der Waals surface area contributed by atoms with Crippen LogP contribution < -0.4 is 0 Å². The smallest absolute Gasteiger partial charge is 0.328 e. The van der Waals surface area contributed by atoms with Gasteiger partial charge < -0.3 is 10.2 Å². The number of allylic oxidation sites excluding steroid dienone is 3. The Morgan fingerprint density at radius 1 is 1.30 bits per heavy atom. The number of benzene rings is 1. The monoisotopic (exact) mass is 372 g/mol. The maximum Gasteiger partial charge on any atom is 0.328 e. The molecule has 2 N–H and O–H groups in total. The van der Waals surface area contributed by atoms with E-state index in [1.165, 1.54) is 18.2 Å². The second kappa shape index (κ2) is 7.61. The van der Waals surface area contributed by atoms with Gasteiger partial charge in [0.2, 0.25) is 0 Å². The van der Waals surface area contributed by atoms with Crippen LogP contribution in [0.1, 0.15) is 39.7 Å². The fourth-order valence-corrected chi connectivity index (χ4v) is 3.50. The Morgan fingerprint density at radius 3 is 2.52 bits per heavy atom. The lowest BCUT2D eigenvalue weighted by atomic mass is 9.62. The second-order valence-corrected chi connectivity index (χ2v) is 7.68. The number of carboxylic acid groups (broad SMARTS) is 1. The van der Waals surface area contributed by atoms with Gasteiger partial charge in [-0.3, -0.25) is 4.79 Å². The minimum absolute atomic E-state index is 0.105. The Balaban J connectivity index is 2.52. The standard InChI is InChI=1S/C22H25FO4/c1-14(11-20(25)26)9-10-22(27)15(2)17(19(24)13-21(22,3)4)12-16-7-5-6-8-18(16)23/h5-11,27H,12-13H2,1-4H3,(H,25,26)/b10-9+,14-11-/t22-/m0/s1. The van der Waals surface area contributed by atoms with Gasteiger partial charge >= 0.3 is 5.97 Å². The molecular weight excluding hydrogens is 347 g/mol. The largest absolute Gasteiger partial charge is 0.478 e. The Morgan fingerprint density at radius 2 is 1.93 bits per heavy atom. The minimum Gasteiger partial charge on any atom is -0.478 e. The molecule has 1 aliphatic carbocycles. The van der Waals surface area contributed by atoms with Gasteiger partial charge in [0, 0.05) is 29.9 Å². The average molecular weight is 372 g/mol. The number of rotatable bonds is 5. The summed E-state index contributed by atoms with van der Waals surface area (Å²) in [6.07, 6.45) is 4.32. The van der Waals surface area contributed by atoms with E-state index in [2.05, 4.69) is 0 Å². The van der Waals surface area contributed by atoms with Gasteiger partial charge in [0.1, 0.15) is 11.4 Å². The van der Waals surface area contributed by atoms with E-state index in [9.17, 15) is 19.1 Å². The van der Waals surface area contributed by atoms with E-state index < -0.39 is 22.8 Å². The van der Waals surface area contributed by atoms with Gasteiger partial charge in [0.05, 0.1) is 0 Å². The number of hydrogen-bond acceptors (Lipinski definition) is 3. The third-order valence-corrected chi connectivity index (χ3v) is 5.26. The van der Waals surface area contributed by atoms with Crippen LogP contribution in [0.4, 0.5) is 4.39 Å². The highest BCUT2D eigenvalue weighted by atomic mass is 19.1. The van der Waals surface area contributed by atoms with Crippen molar-refractivity contribution in [1.82, 2.24) is 0 Å². The quantitative estimate of drug-likeness (QED) is 0.605. The summed E-state index contributed by atoms with van der Waals surface area (Å²) >= 11 is 0. The van der Waals surface area contributed by atoms with E-state index in [4.69, 9.17) is 5.11 Å². The van der Waals surface area contributed by atoms with Gasteiger partial charge in [0.25, 0.3) is 0 Å². The highest BCUT2D eigenvalue weighted by Gasteiger charge is 2.49. The Hall–Kier alpha value is -2.53. The normalized spacial score (nSPS) is 23.2. The van der Waals surface area contributed by atoms with Crippen molar-refractivity contribution < 1.29 is 24.2 Å². The molecule has 0 saturated heterocycles. The molecule has 144 valence electrons. The van der Waals surface area contributed by atoms with E-state index >= 15 is 0 Å². The van der Waals surface area contributed by atoms with Gasteiger partial charge in [0.15, 0.2) is 5.78 Å². The van der Waals surface area contributed by atoms with E-state index in [0.717, 1.165) is 6.08 Å². The van der Waals surface area contributed by atoms with Crippen LogP contribution in [0.25, 0.3) is 0 Å². The zero-order valence-corrected chi connectivity index (χ0v) is 16.0. The van der Waals surface area contributed by atoms with Crippen LogP contribution in [0.2, 0.25) is 0 Å². The molecule has 0 aromatic heterocycles. The summed E-state index contributed by atoms with van der Waals surface area (Å²) in [5, 5.41) is 20.3. The highest BCUT2D eigenvalue weighted by molar-refractivity contribution is 5.98.